The normalized spacial score (nSPS) is 19.1. The number of nitrogens with two attached hydrogens (primary N) is 1. The number of para-hydroxylation sites is 1. The lowest BCUT2D eigenvalue weighted by atomic mass is 9.95. The first-order valence-electron chi connectivity index (χ1n) is 9.53. The van der Waals surface area contributed by atoms with Crippen LogP contribution in [0.5, 0.6) is 5.75 Å². The maximum Gasteiger partial charge on any atom is 0.217 e. The van der Waals surface area contributed by atoms with Crippen LogP contribution in [0.1, 0.15) is 38.7 Å². The Morgan fingerprint density at radius 1 is 1.46 bits per heavy atom. The van der Waals surface area contributed by atoms with Gasteiger partial charge in [0.1, 0.15) is 11.9 Å². The van der Waals surface area contributed by atoms with Crippen molar-refractivity contribution in [3.05, 3.63) is 29.8 Å². The fourth-order valence-corrected chi connectivity index (χ4v) is 3.29. The quantitative estimate of drug-likeness (QED) is 0.578. The zero-order valence-electron chi connectivity index (χ0n) is 16.2. The van der Waals surface area contributed by atoms with E-state index in [-0.39, 0.29) is 12.0 Å². The summed E-state index contributed by atoms with van der Waals surface area (Å²) in [7, 11) is 0. The third kappa shape index (κ3) is 6.24. The van der Waals surface area contributed by atoms with Crippen LogP contribution >= 0.6 is 0 Å². The smallest absolute Gasteiger partial charge is 0.217 e. The third-order valence-corrected chi connectivity index (χ3v) is 4.56. The zero-order chi connectivity index (χ0) is 18.9. The summed E-state index contributed by atoms with van der Waals surface area (Å²) in [6.07, 6.45) is 2.53. The minimum absolute atomic E-state index is 0.0176. The Kier molecular flexibility index (Phi) is 7.75. The van der Waals surface area contributed by atoms with E-state index in [2.05, 4.69) is 17.1 Å². The van der Waals surface area contributed by atoms with Gasteiger partial charge in [0, 0.05) is 26.1 Å². The average Bonchev–Trinajstić information content (AvgIpc) is 2.60. The number of aryl methyl sites for hydroxylation is 1. The molecule has 3 N–H and O–H groups in total. The summed E-state index contributed by atoms with van der Waals surface area (Å²) in [5.74, 6) is 1.88. The third-order valence-electron chi connectivity index (χ3n) is 4.56. The van der Waals surface area contributed by atoms with Crippen LogP contribution in [0, 0.1) is 12.8 Å². The molecular formula is C20H32N4O2. The van der Waals surface area contributed by atoms with Gasteiger partial charge in [0.2, 0.25) is 5.91 Å². The molecule has 144 valence electrons. The summed E-state index contributed by atoms with van der Waals surface area (Å²) in [6, 6.07) is 8.02. The lowest BCUT2D eigenvalue weighted by Gasteiger charge is -2.34. The van der Waals surface area contributed by atoms with Crippen molar-refractivity contribution < 1.29 is 9.53 Å². The molecule has 26 heavy (non-hydrogen) atoms. The van der Waals surface area contributed by atoms with E-state index >= 15 is 0 Å². The molecule has 1 fully saturated rings. The predicted octanol–water partition coefficient (Wildman–Crippen LogP) is 2.32. The van der Waals surface area contributed by atoms with Gasteiger partial charge in [-0.15, -0.1) is 0 Å². The van der Waals surface area contributed by atoms with Gasteiger partial charge in [-0.05, 0) is 51.2 Å². The van der Waals surface area contributed by atoms with Gasteiger partial charge in [-0.3, -0.25) is 4.79 Å². The van der Waals surface area contributed by atoms with Crippen molar-refractivity contribution in [3.63, 3.8) is 0 Å². The highest BCUT2D eigenvalue weighted by molar-refractivity contribution is 5.80. The summed E-state index contributed by atoms with van der Waals surface area (Å²) in [4.78, 5) is 18.2. The molecule has 1 aliphatic rings. The number of nitrogens with one attached hydrogen (secondary N) is 1. The molecule has 0 spiro atoms. The highest BCUT2D eigenvalue weighted by atomic mass is 16.5. The van der Waals surface area contributed by atoms with E-state index in [4.69, 9.17) is 15.5 Å². The van der Waals surface area contributed by atoms with Crippen LogP contribution in [0.3, 0.4) is 0 Å². The van der Waals surface area contributed by atoms with Crippen LogP contribution in [0.4, 0.5) is 0 Å². The maximum atomic E-state index is 11.2. The molecule has 2 atom stereocenters. The van der Waals surface area contributed by atoms with Crippen LogP contribution in [-0.2, 0) is 4.79 Å². The molecule has 6 heteroatoms. The Morgan fingerprint density at radius 3 is 2.92 bits per heavy atom. The Balaban J connectivity index is 1.96. The highest BCUT2D eigenvalue weighted by Crippen LogP contribution is 2.20. The first kappa shape index (κ1) is 20.1. The van der Waals surface area contributed by atoms with E-state index in [1.807, 2.05) is 38.1 Å². The minimum atomic E-state index is -0.223. The molecule has 2 rings (SSSR count). The number of hydrogen-bond donors (Lipinski definition) is 2. The monoisotopic (exact) mass is 360 g/mol. The second-order valence-corrected chi connectivity index (χ2v) is 7.01. The summed E-state index contributed by atoms with van der Waals surface area (Å²) in [6.45, 7) is 9.30. The zero-order valence-corrected chi connectivity index (χ0v) is 16.2. The number of aliphatic imine (C=N–C) groups is 1. The summed E-state index contributed by atoms with van der Waals surface area (Å²) >= 11 is 0. The van der Waals surface area contributed by atoms with Gasteiger partial charge in [-0.1, -0.05) is 18.2 Å². The standard InChI is InChI=1S/C20H32N4O2/c1-4-22-20(24-11-7-9-17(14-24)12-19(21)25)23-13-16(3)26-18-10-6-5-8-15(18)2/h5-6,8,10,16-17H,4,7,9,11-14H2,1-3H3,(H2,21,25)(H,22,23). The summed E-state index contributed by atoms with van der Waals surface area (Å²) < 4.78 is 6.02. The van der Waals surface area contributed by atoms with Crippen molar-refractivity contribution in [1.29, 1.82) is 0 Å². The van der Waals surface area contributed by atoms with E-state index in [0.29, 0.717) is 18.9 Å². The van der Waals surface area contributed by atoms with Crippen LogP contribution in [-0.4, -0.2) is 49.0 Å². The molecule has 0 aliphatic carbocycles. The topological polar surface area (TPSA) is 80.0 Å². The van der Waals surface area contributed by atoms with E-state index in [1.165, 1.54) is 0 Å². The molecule has 1 aromatic carbocycles. The lowest BCUT2D eigenvalue weighted by molar-refractivity contribution is -0.119. The van der Waals surface area contributed by atoms with E-state index in [1.54, 1.807) is 0 Å². The molecule has 2 unspecified atom stereocenters. The van der Waals surface area contributed by atoms with Gasteiger partial charge in [-0.2, -0.15) is 0 Å². The van der Waals surface area contributed by atoms with Gasteiger partial charge in [0.25, 0.3) is 0 Å². The fourth-order valence-electron chi connectivity index (χ4n) is 3.29. The number of likely N-dealkylation sites (tertiary alicyclic amines) is 1. The molecule has 1 heterocycles. The van der Waals surface area contributed by atoms with Crippen molar-refractivity contribution in [2.24, 2.45) is 16.6 Å². The molecular weight excluding hydrogens is 328 g/mol. The number of piperidine rings is 1. The van der Waals surface area contributed by atoms with Crippen LogP contribution in [0.25, 0.3) is 0 Å². The van der Waals surface area contributed by atoms with Crippen LogP contribution in [0.2, 0.25) is 0 Å². The SMILES string of the molecule is CCNC(=NCC(C)Oc1ccccc1C)N1CCCC(CC(N)=O)C1. The van der Waals surface area contributed by atoms with Crippen molar-refractivity contribution in [2.45, 2.75) is 46.1 Å². The second kappa shape index (κ2) is 10.0. The first-order valence-corrected chi connectivity index (χ1v) is 9.53. The Hall–Kier alpha value is -2.24. The van der Waals surface area contributed by atoms with Crippen LogP contribution < -0.4 is 15.8 Å². The number of rotatable bonds is 7. The first-order chi connectivity index (χ1) is 12.5. The molecule has 1 aromatic rings. The van der Waals surface area contributed by atoms with Crippen molar-refractivity contribution >= 4 is 11.9 Å². The summed E-state index contributed by atoms with van der Waals surface area (Å²) in [5.41, 5.74) is 6.49. The average molecular weight is 361 g/mol. The number of nitrogens with zero attached hydrogens (tertiary/aromatic N) is 2. The Morgan fingerprint density at radius 2 is 2.23 bits per heavy atom. The number of ether oxygens (including phenoxy) is 1. The highest BCUT2D eigenvalue weighted by Gasteiger charge is 2.23. The molecule has 0 radical (unpaired) electrons. The number of guanidine groups is 1. The van der Waals surface area contributed by atoms with Gasteiger partial charge < -0.3 is 20.7 Å². The molecule has 1 saturated heterocycles. The van der Waals surface area contributed by atoms with E-state index in [0.717, 1.165) is 49.7 Å². The Bertz CT molecular complexity index is 618. The number of amides is 1. The number of hydrogen-bond acceptors (Lipinski definition) is 3. The minimum Gasteiger partial charge on any atom is -0.489 e. The number of primary amides is 1. The van der Waals surface area contributed by atoms with Crippen molar-refractivity contribution in [3.8, 4) is 5.75 Å². The molecule has 1 aliphatic heterocycles. The Labute approximate surface area is 156 Å². The summed E-state index contributed by atoms with van der Waals surface area (Å²) in [5, 5.41) is 3.36. The van der Waals surface area contributed by atoms with E-state index in [9.17, 15) is 4.79 Å². The molecule has 1 amide bonds. The maximum absolute atomic E-state index is 11.2. The van der Waals surface area contributed by atoms with Gasteiger partial charge in [-0.25, -0.2) is 4.99 Å². The second-order valence-electron chi connectivity index (χ2n) is 7.01. The fraction of sp³-hybridized carbons (Fsp3) is 0.600. The van der Waals surface area contributed by atoms with Crippen molar-refractivity contribution in [2.75, 3.05) is 26.2 Å². The van der Waals surface area contributed by atoms with Gasteiger partial charge in [0.15, 0.2) is 5.96 Å². The van der Waals surface area contributed by atoms with Crippen LogP contribution in [0.15, 0.2) is 29.3 Å². The lowest BCUT2D eigenvalue weighted by Crippen LogP contribution is -2.47. The number of benzene rings is 1. The number of carbonyl (C=O) groups excluding carboxylic acids is 1. The molecule has 0 bridgehead atoms. The van der Waals surface area contributed by atoms with E-state index < -0.39 is 0 Å². The molecule has 6 nitrogen and oxygen atoms in total. The predicted molar refractivity (Wildman–Crippen MR) is 105 cm³/mol. The number of carbonyl (C=O) groups is 1. The molecule has 0 aromatic heterocycles. The largest absolute Gasteiger partial charge is 0.489 e. The van der Waals surface area contributed by atoms with Gasteiger partial charge >= 0.3 is 0 Å². The molecule has 0 saturated carbocycles. The van der Waals surface area contributed by atoms with Gasteiger partial charge in [0.05, 0.1) is 6.54 Å². The van der Waals surface area contributed by atoms with Crippen molar-refractivity contribution in [1.82, 2.24) is 10.2 Å².